The van der Waals surface area contributed by atoms with E-state index in [0.717, 1.165) is 0 Å². The molecule has 0 saturated heterocycles. The van der Waals surface area contributed by atoms with Gasteiger partial charge in [-0.15, -0.1) is 0 Å². The quantitative estimate of drug-likeness (QED) is 0.185. The molecule has 0 spiro atoms. The lowest BCUT2D eigenvalue weighted by atomic mass is 9.81. The van der Waals surface area contributed by atoms with Crippen LogP contribution in [0.25, 0.3) is 49.7 Å². The fraction of sp³-hybridized carbons (Fsp3) is 0.182. The summed E-state index contributed by atoms with van der Waals surface area (Å²) in [5, 5.41) is 5.24. The molecule has 0 N–H and O–H groups in total. The van der Waals surface area contributed by atoms with Crippen LogP contribution in [-0.4, -0.2) is 4.57 Å². The molecule has 0 bridgehead atoms. The molecule has 172 valence electrons. The summed E-state index contributed by atoms with van der Waals surface area (Å²) < 4.78 is 4.86. The number of nitrogens with zero attached hydrogens (tertiary/aromatic N) is 2. The zero-order valence-corrected chi connectivity index (χ0v) is 21.1. The van der Waals surface area contributed by atoms with Gasteiger partial charge in [0.05, 0.1) is 12.6 Å². The molecule has 0 amide bonds. The Labute approximate surface area is 207 Å². The van der Waals surface area contributed by atoms with Crippen LogP contribution >= 0.6 is 0 Å². The first kappa shape index (κ1) is 21.6. The van der Waals surface area contributed by atoms with Crippen LogP contribution in [0.1, 0.15) is 31.9 Å². The van der Waals surface area contributed by atoms with Gasteiger partial charge in [-0.2, -0.15) is 4.57 Å². The highest BCUT2D eigenvalue weighted by molar-refractivity contribution is 6.24. The molecule has 0 saturated carbocycles. The molecule has 6 rings (SSSR count). The van der Waals surface area contributed by atoms with E-state index in [0.29, 0.717) is 0 Å². The maximum Gasteiger partial charge on any atom is 0.294 e. The number of imidazole rings is 1. The Balaban J connectivity index is 1.95. The molecule has 0 aliphatic carbocycles. The van der Waals surface area contributed by atoms with Crippen molar-refractivity contribution < 1.29 is 4.57 Å². The number of fused-ring (bicyclic) bond motifs is 6. The normalized spacial score (nSPS) is 12.1. The molecule has 1 aromatic heterocycles. The van der Waals surface area contributed by atoms with Crippen molar-refractivity contribution in [2.75, 3.05) is 0 Å². The number of aryl methyl sites for hydroxylation is 2. The predicted octanol–water partition coefficient (Wildman–Crippen LogP) is 8.03. The van der Waals surface area contributed by atoms with E-state index >= 15 is 0 Å². The van der Waals surface area contributed by atoms with Crippen LogP contribution in [0.2, 0.25) is 0 Å². The van der Waals surface area contributed by atoms with Gasteiger partial charge in [0.15, 0.2) is 11.0 Å². The number of para-hydroxylation sites is 1. The Morgan fingerprint density at radius 2 is 1.26 bits per heavy atom. The Kier molecular flexibility index (Phi) is 4.82. The summed E-state index contributed by atoms with van der Waals surface area (Å²) in [6.07, 6.45) is 0. The highest BCUT2D eigenvalue weighted by Crippen LogP contribution is 2.41. The lowest BCUT2D eigenvalue weighted by Gasteiger charge is -2.23. The van der Waals surface area contributed by atoms with Gasteiger partial charge < -0.3 is 0 Å². The van der Waals surface area contributed by atoms with Gasteiger partial charge in [-0.05, 0) is 64.6 Å². The highest BCUT2D eigenvalue weighted by Gasteiger charge is 2.31. The molecule has 6 aromatic rings. The van der Waals surface area contributed by atoms with Crippen LogP contribution in [0.4, 0.5) is 0 Å². The lowest BCUT2D eigenvalue weighted by Crippen LogP contribution is -2.30. The van der Waals surface area contributed by atoms with E-state index < -0.39 is 0 Å². The summed E-state index contributed by atoms with van der Waals surface area (Å²) in [5.41, 5.74) is 7.75. The van der Waals surface area contributed by atoms with Gasteiger partial charge >= 0.3 is 0 Å². The first-order valence-corrected chi connectivity index (χ1v) is 12.4. The van der Waals surface area contributed by atoms with E-state index in [2.05, 4.69) is 141 Å². The minimum absolute atomic E-state index is 0.0685. The molecule has 0 fully saturated rings. The molecule has 0 aliphatic rings. The fourth-order valence-electron chi connectivity index (χ4n) is 5.88. The van der Waals surface area contributed by atoms with E-state index in [9.17, 15) is 0 Å². The zero-order valence-electron chi connectivity index (χ0n) is 21.1. The molecule has 0 unspecified atom stereocenters. The van der Waals surface area contributed by atoms with Crippen molar-refractivity contribution in [2.24, 2.45) is 7.05 Å². The molecule has 0 atom stereocenters. The Morgan fingerprint density at radius 3 is 1.91 bits per heavy atom. The monoisotopic (exact) mass is 455 g/mol. The third-order valence-electron chi connectivity index (χ3n) is 7.34. The summed E-state index contributed by atoms with van der Waals surface area (Å²) in [6, 6.07) is 35.1. The standard InChI is InChI=1S/C33H31N2/c1-22-28(33(2,3)4)21-20-26-25-18-12-13-19-27(25)30-31(29(22)26)34(5)32(23-14-8-6-9-15-23)35(30)24-16-10-7-11-17-24/h6-21H,1-5H3/q+1. The third-order valence-corrected chi connectivity index (χ3v) is 7.34. The molecular formula is C33H31N2+. The van der Waals surface area contributed by atoms with Crippen molar-refractivity contribution in [2.45, 2.75) is 33.1 Å². The van der Waals surface area contributed by atoms with Crippen LogP contribution in [0, 0.1) is 6.92 Å². The number of rotatable bonds is 2. The van der Waals surface area contributed by atoms with E-state index in [1.165, 1.54) is 60.8 Å². The van der Waals surface area contributed by atoms with E-state index in [4.69, 9.17) is 0 Å². The topological polar surface area (TPSA) is 8.81 Å². The fourth-order valence-corrected chi connectivity index (χ4v) is 5.88. The van der Waals surface area contributed by atoms with Crippen molar-refractivity contribution >= 4 is 32.6 Å². The highest BCUT2D eigenvalue weighted by atomic mass is 15.2. The summed E-state index contributed by atoms with van der Waals surface area (Å²) in [7, 11) is 2.22. The van der Waals surface area contributed by atoms with Gasteiger partial charge in [0, 0.05) is 10.8 Å². The minimum Gasteiger partial charge on any atom is -0.225 e. The molecule has 5 aromatic carbocycles. The number of hydrogen-bond acceptors (Lipinski definition) is 0. The van der Waals surface area contributed by atoms with E-state index in [-0.39, 0.29) is 5.41 Å². The lowest BCUT2D eigenvalue weighted by molar-refractivity contribution is -0.633. The van der Waals surface area contributed by atoms with Crippen LogP contribution < -0.4 is 4.57 Å². The molecular weight excluding hydrogens is 424 g/mol. The van der Waals surface area contributed by atoms with Gasteiger partial charge in [-0.3, -0.25) is 0 Å². The smallest absolute Gasteiger partial charge is 0.225 e. The molecule has 2 nitrogen and oxygen atoms in total. The number of aromatic nitrogens is 2. The van der Waals surface area contributed by atoms with Gasteiger partial charge in [-0.1, -0.05) is 87.5 Å². The van der Waals surface area contributed by atoms with Crippen molar-refractivity contribution in [3.8, 4) is 17.1 Å². The third kappa shape index (κ3) is 3.20. The van der Waals surface area contributed by atoms with Gasteiger partial charge in [-0.25, -0.2) is 4.57 Å². The average molecular weight is 456 g/mol. The summed E-state index contributed by atoms with van der Waals surface area (Å²) in [6.45, 7) is 9.23. The summed E-state index contributed by atoms with van der Waals surface area (Å²) >= 11 is 0. The molecule has 35 heavy (non-hydrogen) atoms. The summed E-state index contributed by atoms with van der Waals surface area (Å²) in [4.78, 5) is 0. The minimum atomic E-state index is 0.0685. The molecule has 1 heterocycles. The van der Waals surface area contributed by atoms with Crippen LogP contribution in [-0.2, 0) is 12.5 Å². The van der Waals surface area contributed by atoms with E-state index in [1.807, 2.05) is 0 Å². The second kappa shape index (κ2) is 7.81. The number of benzene rings is 5. The maximum atomic E-state index is 2.45. The van der Waals surface area contributed by atoms with E-state index in [1.54, 1.807) is 0 Å². The maximum absolute atomic E-state index is 2.45. The summed E-state index contributed by atoms with van der Waals surface area (Å²) in [5.74, 6) is 1.19. The molecule has 2 heteroatoms. The van der Waals surface area contributed by atoms with Gasteiger partial charge in [0.2, 0.25) is 0 Å². The van der Waals surface area contributed by atoms with Crippen molar-refractivity contribution in [3.63, 3.8) is 0 Å². The average Bonchev–Trinajstić information content (AvgIpc) is 3.17. The van der Waals surface area contributed by atoms with Crippen LogP contribution in [0.15, 0.2) is 97.1 Å². The Morgan fingerprint density at radius 1 is 0.657 bits per heavy atom. The SMILES string of the molecule is Cc1c(C(C)(C)C)ccc2c3ccccc3c3c(c12)[n+](C)c(-c1ccccc1)n3-c1ccccc1. The number of hydrogen-bond donors (Lipinski definition) is 0. The van der Waals surface area contributed by atoms with Crippen molar-refractivity contribution in [1.29, 1.82) is 0 Å². The molecule has 0 radical (unpaired) electrons. The predicted molar refractivity (Wildman–Crippen MR) is 148 cm³/mol. The second-order valence-corrected chi connectivity index (χ2v) is 10.6. The largest absolute Gasteiger partial charge is 0.294 e. The van der Waals surface area contributed by atoms with Crippen LogP contribution in [0.5, 0.6) is 0 Å². The van der Waals surface area contributed by atoms with Gasteiger partial charge in [0.1, 0.15) is 5.69 Å². The first-order chi connectivity index (χ1) is 16.9. The second-order valence-electron chi connectivity index (χ2n) is 10.6. The van der Waals surface area contributed by atoms with Crippen molar-refractivity contribution in [3.05, 3.63) is 108 Å². The van der Waals surface area contributed by atoms with Crippen molar-refractivity contribution in [1.82, 2.24) is 4.57 Å². The van der Waals surface area contributed by atoms with Gasteiger partial charge in [0.25, 0.3) is 5.82 Å². The Hall–Kier alpha value is -3.91. The van der Waals surface area contributed by atoms with Crippen LogP contribution in [0.3, 0.4) is 0 Å². The zero-order chi connectivity index (χ0) is 24.3. The molecule has 0 aliphatic heterocycles. The first-order valence-electron chi connectivity index (χ1n) is 12.4. The Bertz CT molecular complexity index is 1720.